The van der Waals surface area contributed by atoms with Gasteiger partial charge in [0, 0.05) is 6.04 Å². The number of hydrogen-bond acceptors (Lipinski definition) is 1. The van der Waals surface area contributed by atoms with Crippen molar-refractivity contribution in [2.45, 2.75) is 51.5 Å². The number of hydrogen-bond donors (Lipinski definition) is 0. The van der Waals surface area contributed by atoms with Crippen molar-refractivity contribution in [1.29, 1.82) is 0 Å². The Kier molecular flexibility index (Phi) is 3.53. The second kappa shape index (κ2) is 5.16. The van der Waals surface area contributed by atoms with Gasteiger partial charge in [-0.2, -0.15) is 0 Å². The van der Waals surface area contributed by atoms with Crippen LogP contribution in [0, 0.1) is 12.8 Å². The van der Waals surface area contributed by atoms with Crippen molar-refractivity contribution < 1.29 is 0 Å². The van der Waals surface area contributed by atoms with Crippen LogP contribution >= 0.6 is 11.6 Å². The zero-order valence-corrected chi connectivity index (χ0v) is 12.5. The number of fused-ring (bicyclic) bond motifs is 1. The zero-order chi connectivity index (χ0) is 13.4. The number of aromatic nitrogens is 2. The summed E-state index contributed by atoms with van der Waals surface area (Å²) in [5.41, 5.74) is 3.62. The first kappa shape index (κ1) is 13.0. The smallest absolute Gasteiger partial charge is 0.125 e. The molecule has 2 aromatic rings. The van der Waals surface area contributed by atoms with Crippen molar-refractivity contribution in [1.82, 2.24) is 9.55 Å². The summed E-state index contributed by atoms with van der Waals surface area (Å²) in [6.07, 6.45) is 5.14. The fraction of sp³-hybridized carbons (Fsp3) is 0.562. The molecule has 102 valence electrons. The second-order valence-corrected chi connectivity index (χ2v) is 6.16. The summed E-state index contributed by atoms with van der Waals surface area (Å²) in [4.78, 5) is 4.76. The first-order valence-corrected chi connectivity index (χ1v) is 7.76. The molecule has 1 heterocycles. The molecule has 0 unspecified atom stereocenters. The molecule has 1 aliphatic carbocycles. The SMILES string of the molecule is Cc1cccc2c1nc(CCl)n2C1CCC(C)CC1. The first-order chi connectivity index (χ1) is 9.20. The Balaban J connectivity index is 2.08. The molecule has 0 spiro atoms. The third-order valence-corrected chi connectivity index (χ3v) is 4.70. The summed E-state index contributed by atoms with van der Waals surface area (Å²) in [6.45, 7) is 4.48. The lowest BCUT2D eigenvalue weighted by Crippen LogP contribution is -2.18. The number of aryl methyl sites for hydroxylation is 1. The van der Waals surface area contributed by atoms with E-state index in [9.17, 15) is 0 Å². The lowest BCUT2D eigenvalue weighted by atomic mass is 9.87. The Morgan fingerprint density at radius 1 is 1.26 bits per heavy atom. The van der Waals surface area contributed by atoms with Gasteiger partial charge in [-0.1, -0.05) is 19.1 Å². The van der Waals surface area contributed by atoms with E-state index in [4.69, 9.17) is 16.6 Å². The van der Waals surface area contributed by atoms with E-state index < -0.39 is 0 Å². The van der Waals surface area contributed by atoms with Gasteiger partial charge in [-0.15, -0.1) is 11.6 Å². The van der Waals surface area contributed by atoms with Gasteiger partial charge in [0.15, 0.2) is 0 Å². The number of rotatable bonds is 2. The molecular formula is C16H21ClN2. The Bertz CT molecular complexity index is 580. The van der Waals surface area contributed by atoms with Crippen molar-refractivity contribution >= 4 is 22.6 Å². The largest absolute Gasteiger partial charge is 0.324 e. The molecule has 3 rings (SSSR count). The highest BCUT2D eigenvalue weighted by Gasteiger charge is 2.23. The van der Waals surface area contributed by atoms with Crippen LogP contribution in [-0.2, 0) is 5.88 Å². The molecule has 0 N–H and O–H groups in total. The monoisotopic (exact) mass is 276 g/mol. The van der Waals surface area contributed by atoms with Crippen LogP contribution in [0.4, 0.5) is 0 Å². The third kappa shape index (κ3) is 2.27. The van der Waals surface area contributed by atoms with E-state index in [1.54, 1.807) is 0 Å². The Morgan fingerprint density at radius 2 is 2.00 bits per heavy atom. The normalized spacial score (nSPS) is 23.9. The molecule has 0 radical (unpaired) electrons. The van der Waals surface area contributed by atoms with E-state index in [1.807, 2.05) is 0 Å². The highest BCUT2D eigenvalue weighted by Crippen LogP contribution is 2.35. The minimum atomic E-state index is 0.500. The fourth-order valence-corrected chi connectivity index (χ4v) is 3.50. The van der Waals surface area contributed by atoms with Crippen molar-refractivity contribution in [3.63, 3.8) is 0 Å². The average molecular weight is 277 g/mol. The van der Waals surface area contributed by atoms with Crippen LogP contribution in [0.2, 0.25) is 0 Å². The van der Waals surface area contributed by atoms with Crippen LogP contribution in [0.25, 0.3) is 11.0 Å². The molecule has 2 nitrogen and oxygen atoms in total. The van der Waals surface area contributed by atoms with E-state index in [0.29, 0.717) is 11.9 Å². The van der Waals surface area contributed by atoms with Crippen LogP contribution in [-0.4, -0.2) is 9.55 Å². The molecule has 0 amide bonds. The van der Waals surface area contributed by atoms with E-state index in [1.165, 1.54) is 36.8 Å². The van der Waals surface area contributed by atoms with Gasteiger partial charge in [0.2, 0.25) is 0 Å². The quantitative estimate of drug-likeness (QED) is 0.718. The average Bonchev–Trinajstić information content (AvgIpc) is 2.80. The molecule has 0 bridgehead atoms. The molecule has 19 heavy (non-hydrogen) atoms. The van der Waals surface area contributed by atoms with E-state index in [0.717, 1.165) is 17.3 Å². The predicted molar refractivity (Wildman–Crippen MR) is 80.7 cm³/mol. The summed E-state index contributed by atoms with van der Waals surface area (Å²) in [7, 11) is 0. The summed E-state index contributed by atoms with van der Waals surface area (Å²) >= 11 is 6.12. The standard InChI is InChI=1S/C16H21ClN2/c1-11-6-8-13(9-7-11)19-14-5-3-4-12(2)16(14)18-15(19)10-17/h3-5,11,13H,6-10H2,1-2H3. The predicted octanol–water partition coefficient (Wildman–Crippen LogP) is 4.83. The van der Waals surface area contributed by atoms with Gasteiger partial charge in [-0.25, -0.2) is 4.98 Å². The van der Waals surface area contributed by atoms with Crippen LogP contribution in [0.15, 0.2) is 18.2 Å². The molecule has 0 aliphatic heterocycles. The van der Waals surface area contributed by atoms with Gasteiger partial charge in [-0.3, -0.25) is 0 Å². The number of imidazole rings is 1. The van der Waals surface area contributed by atoms with Crippen LogP contribution in [0.5, 0.6) is 0 Å². The maximum absolute atomic E-state index is 6.12. The molecule has 1 fully saturated rings. The van der Waals surface area contributed by atoms with Crippen LogP contribution < -0.4 is 0 Å². The number of alkyl halides is 1. The van der Waals surface area contributed by atoms with Crippen molar-refractivity contribution in [3.05, 3.63) is 29.6 Å². The Morgan fingerprint density at radius 3 is 2.68 bits per heavy atom. The lowest BCUT2D eigenvalue weighted by Gasteiger charge is -2.28. The lowest BCUT2D eigenvalue weighted by molar-refractivity contribution is 0.290. The van der Waals surface area contributed by atoms with Crippen molar-refractivity contribution in [2.24, 2.45) is 5.92 Å². The molecular weight excluding hydrogens is 256 g/mol. The fourth-order valence-electron chi connectivity index (χ4n) is 3.31. The van der Waals surface area contributed by atoms with Gasteiger partial charge in [0.1, 0.15) is 5.82 Å². The molecule has 3 heteroatoms. The highest BCUT2D eigenvalue weighted by atomic mass is 35.5. The number of nitrogens with zero attached hydrogens (tertiary/aromatic N) is 2. The van der Waals surface area contributed by atoms with Crippen LogP contribution in [0.3, 0.4) is 0 Å². The van der Waals surface area contributed by atoms with E-state index in [-0.39, 0.29) is 0 Å². The van der Waals surface area contributed by atoms with Crippen LogP contribution in [0.1, 0.15) is 50.0 Å². The summed E-state index contributed by atoms with van der Waals surface area (Å²) in [5, 5.41) is 0. The molecule has 1 aliphatic rings. The van der Waals surface area contributed by atoms with Crippen molar-refractivity contribution in [3.8, 4) is 0 Å². The minimum absolute atomic E-state index is 0.500. The second-order valence-electron chi connectivity index (χ2n) is 5.89. The zero-order valence-electron chi connectivity index (χ0n) is 11.7. The number of benzene rings is 1. The van der Waals surface area contributed by atoms with E-state index >= 15 is 0 Å². The van der Waals surface area contributed by atoms with Gasteiger partial charge >= 0.3 is 0 Å². The maximum Gasteiger partial charge on any atom is 0.125 e. The maximum atomic E-state index is 6.12. The minimum Gasteiger partial charge on any atom is -0.324 e. The van der Waals surface area contributed by atoms with Gasteiger partial charge < -0.3 is 4.57 Å². The number of halogens is 1. The molecule has 1 aromatic carbocycles. The molecule has 0 saturated heterocycles. The Labute approximate surface area is 119 Å². The van der Waals surface area contributed by atoms with Gasteiger partial charge in [-0.05, 0) is 50.2 Å². The topological polar surface area (TPSA) is 17.8 Å². The molecule has 1 saturated carbocycles. The van der Waals surface area contributed by atoms with E-state index in [2.05, 4.69) is 36.6 Å². The molecule has 1 aromatic heterocycles. The first-order valence-electron chi connectivity index (χ1n) is 7.23. The van der Waals surface area contributed by atoms with Gasteiger partial charge in [0.25, 0.3) is 0 Å². The highest BCUT2D eigenvalue weighted by molar-refractivity contribution is 6.16. The number of para-hydroxylation sites is 1. The van der Waals surface area contributed by atoms with Crippen molar-refractivity contribution in [2.75, 3.05) is 0 Å². The Hall–Kier alpha value is -1.02. The van der Waals surface area contributed by atoms with Gasteiger partial charge in [0.05, 0.1) is 16.9 Å². The summed E-state index contributed by atoms with van der Waals surface area (Å²) < 4.78 is 2.40. The molecule has 0 atom stereocenters. The summed E-state index contributed by atoms with van der Waals surface area (Å²) in [6, 6.07) is 7.01. The summed E-state index contributed by atoms with van der Waals surface area (Å²) in [5.74, 6) is 2.40. The third-order valence-electron chi connectivity index (χ3n) is 4.46.